The van der Waals surface area contributed by atoms with E-state index < -0.39 is 10.0 Å². The third-order valence-corrected chi connectivity index (χ3v) is 6.47. The van der Waals surface area contributed by atoms with Crippen LogP contribution >= 0.6 is 11.6 Å². The maximum atomic E-state index is 12.9. The Bertz CT molecular complexity index is 860. The molecule has 1 fully saturated rings. The van der Waals surface area contributed by atoms with Gasteiger partial charge in [0.25, 0.3) is 0 Å². The molecular weight excluding hydrogens is 374 g/mol. The molecule has 0 saturated carbocycles. The van der Waals surface area contributed by atoms with Gasteiger partial charge in [-0.15, -0.1) is 0 Å². The first-order valence-corrected chi connectivity index (χ1v) is 10.5. The molecule has 0 unspecified atom stereocenters. The van der Waals surface area contributed by atoms with Gasteiger partial charge in [-0.25, -0.2) is 13.1 Å². The Hall–Kier alpha value is -1.54. The normalized spacial score (nSPS) is 16.7. The van der Waals surface area contributed by atoms with Crippen molar-refractivity contribution in [3.63, 3.8) is 0 Å². The van der Waals surface area contributed by atoms with Crippen molar-refractivity contribution < 1.29 is 13.2 Å². The van der Waals surface area contributed by atoms with Crippen molar-refractivity contribution >= 4 is 21.6 Å². The van der Waals surface area contributed by atoms with E-state index in [-0.39, 0.29) is 23.2 Å². The number of hydrogen-bond donors (Lipinski definition) is 1. The zero-order valence-corrected chi connectivity index (χ0v) is 16.6. The molecule has 8 heteroatoms. The number of methoxy groups -OCH3 is 1. The summed E-state index contributed by atoms with van der Waals surface area (Å²) < 4.78 is 35.7. The molecule has 1 saturated heterocycles. The monoisotopic (exact) mass is 397 g/mol. The third kappa shape index (κ3) is 4.06. The van der Waals surface area contributed by atoms with Gasteiger partial charge in [0, 0.05) is 30.5 Å². The van der Waals surface area contributed by atoms with Crippen molar-refractivity contribution in [2.24, 2.45) is 7.05 Å². The topological polar surface area (TPSA) is 63.6 Å². The lowest BCUT2D eigenvalue weighted by molar-refractivity contribution is 0.238. The summed E-state index contributed by atoms with van der Waals surface area (Å²) in [6, 6.07) is 8.58. The number of likely N-dealkylation sites (tertiary alicyclic amines) is 1. The highest BCUT2D eigenvalue weighted by Crippen LogP contribution is 2.29. The van der Waals surface area contributed by atoms with Crippen LogP contribution < -0.4 is 9.46 Å². The van der Waals surface area contributed by atoms with Crippen molar-refractivity contribution in [1.82, 2.24) is 14.2 Å². The van der Waals surface area contributed by atoms with E-state index in [0.717, 1.165) is 31.6 Å². The summed E-state index contributed by atoms with van der Waals surface area (Å²) >= 11 is 5.99. The van der Waals surface area contributed by atoms with E-state index in [9.17, 15) is 8.42 Å². The van der Waals surface area contributed by atoms with Gasteiger partial charge in [-0.1, -0.05) is 11.6 Å². The van der Waals surface area contributed by atoms with E-state index in [1.807, 2.05) is 29.9 Å². The van der Waals surface area contributed by atoms with E-state index in [0.29, 0.717) is 5.02 Å². The highest BCUT2D eigenvalue weighted by molar-refractivity contribution is 7.89. The third-order valence-electron chi connectivity index (χ3n) is 4.79. The van der Waals surface area contributed by atoms with Crippen molar-refractivity contribution in [3.8, 4) is 5.75 Å². The molecule has 1 aromatic carbocycles. The molecule has 3 rings (SSSR count). The molecule has 0 spiro atoms. The van der Waals surface area contributed by atoms with Crippen LogP contribution in [0.4, 0.5) is 0 Å². The van der Waals surface area contributed by atoms with E-state index in [4.69, 9.17) is 16.3 Å². The average molecular weight is 398 g/mol. The zero-order chi connectivity index (χ0) is 18.7. The first kappa shape index (κ1) is 19.2. The highest BCUT2D eigenvalue weighted by atomic mass is 35.5. The Morgan fingerprint density at radius 3 is 2.62 bits per heavy atom. The van der Waals surface area contributed by atoms with Crippen molar-refractivity contribution in [2.45, 2.75) is 23.8 Å². The Kier molecular flexibility index (Phi) is 5.92. The molecule has 1 aliphatic heterocycles. The lowest BCUT2D eigenvalue weighted by Gasteiger charge is -2.28. The second-order valence-electron chi connectivity index (χ2n) is 6.45. The predicted molar refractivity (Wildman–Crippen MR) is 102 cm³/mol. The lowest BCUT2D eigenvalue weighted by Crippen LogP contribution is -2.37. The Balaban J connectivity index is 1.84. The smallest absolute Gasteiger partial charge is 0.244 e. The quantitative estimate of drug-likeness (QED) is 0.780. The van der Waals surface area contributed by atoms with Gasteiger partial charge >= 0.3 is 0 Å². The maximum Gasteiger partial charge on any atom is 0.244 e. The number of rotatable bonds is 7. The van der Waals surface area contributed by atoms with Crippen LogP contribution in [0.3, 0.4) is 0 Å². The van der Waals surface area contributed by atoms with Crippen LogP contribution in [0.5, 0.6) is 5.75 Å². The number of halogens is 1. The Morgan fingerprint density at radius 1 is 1.27 bits per heavy atom. The molecule has 2 aromatic rings. The van der Waals surface area contributed by atoms with Crippen LogP contribution in [0.2, 0.25) is 5.02 Å². The minimum Gasteiger partial charge on any atom is -0.495 e. The molecule has 0 bridgehead atoms. The molecule has 1 atom stereocenters. The summed E-state index contributed by atoms with van der Waals surface area (Å²) in [6.45, 7) is 2.23. The second-order valence-corrected chi connectivity index (χ2v) is 8.62. The molecule has 142 valence electrons. The van der Waals surface area contributed by atoms with E-state index in [1.54, 1.807) is 12.1 Å². The number of nitrogens with zero attached hydrogens (tertiary/aromatic N) is 2. The molecule has 0 aliphatic carbocycles. The summed E-state index contributed by atoms with van der Waals surface area (Å²) in [7, 11) is -0.327. The van der Waals surface area contributed by atoms with Crippen LogP contribution in [0, 0.1) is 0 Å². The van der Waals surface area contributed by atoms with Gasteiger partial charge in [0.1, 0.15) is 10.6 Å². The number of ether oxygens (including phenoxy) is 1. The van der Waals surface area contributed by atoms with Gasteiger partial charge in [-0.3, -0.25) is 4.90 Å². The van der Waals surface area contributed by atoms with E-state index in [2.05, 4.69) is 9.62 Å². The number of aromatic nitrogens is 1. The predicted octanol–water partition coefficient (Wildman–Crippen LogP) is 2.80. The van der Waals surface area contributed by atoms with Crippen LogP contribution in [0.1, 0.15) is 24.6 Å². The van der Waals surface area contributed by atoms with Gasteiger partial charge in [0.05, 0.1) is 13.2 Å². The summed E-state index contributed by atoms with van der Waals surface area (Å²) in [4.78, 5) is 2.38. The van der Waals surface area contributed by atoms with Crippen molar-refractivity contribution in [1.29, 1.82) is 0 Å². The lowest BCUT2D eigenvalue weighted by atomic mass is 10.2. The van der Waals surface area contributed by atoms with Gasteiger partial charge in [-0.05, 0) is 56.3 Å². The summed E-state index contributed by atoms with van der Waals surface area (Å²) in [6.07, 6.45) is 4.25. The molecular formula is C18H24ClN3O3S. The van der Waals surface area contributed by atoms with E-state index in [1.165, 1.54) is 13.2 Å². The number of aryl methyl sites for hydroxylation is 1. The highest BCUT2D eigenvalue weighted by Gasteiger charge is 2.28. The largest absolute Gasteiger partial charge is 0.495 e. The molecule has 1 N–H and O–H groups in total. The number of hydrogen-bond acceptors (Lipinski definition) is 4. The summed E-state index contributed by atoms with van der Waals surface area (Å²) in [5, 5.41) is 0.352. The van der Waals surface area contributed by atoms with Gasteiger partial charge < -0.3 is 9.30 Å². The first-order valence-electron chi connectivity index (χ1n) is 8.61. The fraction of sp³-hybridized carbons (Fsp3) is 0.444. The molecule has 0 amide bonds. The minimum absolute atomic E-state index is 0.0162. The summed E-state index contributed by atoms with van der Waals surface area (Å²) in [5.74, 6) is 0.276. The fourth-order valence-electron chi connectivity index (χ4n) is 3.42. The fourth-order valence-corrected chi connectivity index (χ4v) is 4.89. The molecule has 1 aliphatic rings. The molecule has 1 aromatic heterocycles. The zero-order valence-electron chi connectivity index (χ0n) is 15.0. The van der Waals surface area contributed by atoms with E-state index >= 15 is 0 Å². The maximum absolute atomic E-state index is 12.9. The second kappa shape index (κ2) is 8.00. The molecule has 2 heterocycles. The Labute approximate surface area is 159 Å². The van der Waals surface area contributed by atoms with Gasteiger partial charge in [-0.2, -0.15) is 0 Å². The molecule has 6 nitrogen and oxygen atoms in total. The van der Waals surface area contributed by atoms with Crippen LogP contribution in [0.25, 0.3) is 0 Å². The van der Waals surface area contributed by atoms with Crippen molar-refractivity contribution in [2.75, 3.05) is 26.7 Å². The SMILES string of the molecule is COc1ccc(Cl)cc1S(=O)(=O)NC[C@H](c1cccn1C)N1CCCC1. The van der Waals surface area contributed by atoms with Crippen LogP contribution in [-0.4, -0.2) is 44.6 Å². The van der Waals surface area contributed by atoms with Crippen LogP contribution in [-0.2, 0) is 17.1 Å². The van der Waals surface area contributed by atoms with Crippen molar-refractivity contribution in [3.05, 3.63) is 47.2 Å². The number of nitrogens with one attached hydrogen (secondary N) is 1. The van der Waals surface area contributed by atoms with Gasteiger partial charge in [0.15, 0.2) is 0 Å². The minimum atomic E-state index is -3.75. The average Bonchev–Trinajstić information content (AvgIpc) is 3.28. The number of sulfonamides is 1. The van der Waals surface area contributed by atoms with Gasteiger partial charge in [0.2, 0.25) is 10.0 Å². The first-order chi connectivity index (χ1) is 12.4. The molecule has 0 radical (unpaired) electrons. The standard InChI is InChI=1S/C18H24ClN3O3S/c1-21-9-5-6-15(21)16(22-10-3-4-11-22)13-20-26(23,24)18-12-14(19)7-8-17(18)25-2/h5-9,12,16,20H,3-4,10-11,13H2,1-2H3/t16-/m1/s1. The summed E-state index contributed by atoms with van der Waals surface area (Å²) in [5.41, 5.74) is 1.09. The van der Waals surface area contributed by atoms with Crippen LogP contribution in [0.15, 0.2) is 41.4 Å². The number of benzene rings is 1. The molecule has 26 heavy (non-hydrogen) atoms. The Morgan fingerprint density at radius 2 is 2.00 bits per heavy atom.